The minimum absolute atomic E-state index is 0.0870. The van der Waals surface area contributed by atoms with Gasteiger partial charge in [0.25, 0.3) is 0 Å². The van der Waals surface area contributed by atoms with Gasteiger partial charge in [-0.05, 0) is 37.5 Å². The Morgan fingerprint density at radius 3 is 2.57 bits per heavy atom. The number of benzene rings is 2. The molecule has 2 heterocycles. The van der Waals surface area contributed by atoms with Gasteiger partial charge in [0.05, 0.1) is 30.3 Å². The van der Waals surface area contributed by atoms with Crippen LogP contribution in [0.4, 0.5) is 0 Å². The molecule has 2 aliphatic rings. The molecule has 6 nitrogen and oxygen atoms in total. The van der Waals surface area contributed by atoms with Crippen molar-refractivity contribution in [2.45, 2.75) is 60.9 Å². The molecule has 4 rings (SSSR count). The fraction of sp³-hybridized carbons (Fsp3) is 0.478. The third kappa shape index (κ3) is 4.31. The predicted octanol–water partition coefficient (Wildman–Crippen LogP) is 3.01. The quantitative estimate of drug-likeness (QED) is 0.646. The van der Waals surface area contributed by atoms with Crippen molar-refractivity contribution in [3.05, 3.63) is 65.7 Å². The summed E-state index contributed by atoms with van der Waals surface area (Å²) >= 11 is 0. The van der Waals surface area contributed by atoms with Crippen molar-refractivity contribution >= 4 is 9.84 Å². The lowest BCUT2D eigenvalue weighted by Gasteiger charge is -2.30. The summed E-state index contributed by atoms with van der Waals surface area (Å²) in [5.41, 5.74) is 1.99. The molecular formula is C23H28O6S. The minimum Gasteiger partial charge on any atom is -0.390 e. The molecule has 2 aromatic carbocycles. The van der Waals surface area contributed by atoms with Gasteiger partial charge < -0.3 is 19.3 Å². The maximum Gasteiger partial charge on any atom is 0.210 e. The molecule has 4 atom stereocenters. The van der Waals surface area contributed by atoms with Crippen LogP contribution in [0.3, 0.4) is 0 Å². The minimum atomic E-state index is -3.80. The lowest BCUT2D eigenvalue weighted by molar-refractivity contribution is -0.0811. The van der Waals surface area contributed by atoms with Crippen LogP contribution >= 0.6 is 0 Å². The van der Waals surface area contributed by atoms with Crippen molar-refractivity contribution in [3.8, 4) is 0 Å². The van der Waals surface area contributed by atoms with Crippen LogP contribution < -0.4 is 0 Å². The molecule has 2 fully saturated rings. The first-order valence-electron chi connectivity index (χ1n) is 10.3. The van der Waals surface area contributed by atoms with Crippen LogP contribution in [0.25, 0.3) is 0 Å². The highest BCUT2D eigenvalue weighted by atomic mass is 32.2. The monoisotopic (exact) mass is 432 g/mol. The van der Waals surface area contributed by atoms with E-state index >= 15 is 0 Å². The third-order valence-corrected chi connectivity index (χ3v) is 8.16. The summed E-state index contributed by atoms with van der Waals surface area (Å²) in [4.78, 5) is -1.23. The van der Waals surface area contributed by atoms with Gasteiger partial charge >= 0.3 is 0 Å². The first kappa shape index (κ1) is 21.5. The summed E-state index contributed by atoms with van der Waals surface area (Å²) < 4.78 is 44.4. The summed E-state index contributed by atoms with van der Waals surface area (Å²) in [7, 11) is -3.80. The second-order valence-corrected chi connectivity index (χ2v) is 10.2. The summed E-state index contributed by atoms with van der Waals surface area (Å²) in [5.74, 6) is 0. The number of hydrogen-bond donors (Lipinski definition) is 1. The summed E-state index contributed by atoms with van der Waals surface area (Å²) in [6.45, 7) is 2.95. The zero-order chi connectivity index (χ0) is 21.2. The van der Waals surface area contributed by atoms with Crippen molar-refractivity contribution in [2.24, 2.45) is 0 Å². The van der Waals surface area contributed by atoms with E-state index in [1.807, 2.05) is 37.3 Å². The van der Waals surface area contributed by atoms with E-state index in [1.54, 1.807) is 24.3 Å². The van der Waals surface area contributed by atoms with E-state index in [1.165, 1.54) is 0 Å². The molecule has 0 amide bonds. The molecular weight excluding hydrogens is 404 g/mol. The van der Waals surface area contributed by atoms with E-state index in [2.05, 4.69) is 0 Å². The highest BCUT2D eigenvalue weighted by Crippen LogP contribution is 2.50. The van der Waals surface area contributed by atoms with Crippen molar-refractivity contribution in [3.63, 3.8) is 0 Å². The SMILES string of the molecule is Cc1ccc(S(=O)(=O)[C@@]2(C[C@H]3OCCC[C@@H]3O)O[C@@H]2COCc2ccccc2)cc1. The molecule has 0 unspecified atom stereocenters. The lowest BCUT2D eigenvalue weighted by atomic mass is 10.0. The predicted molar refractivity (Wildman–Crippen MR) is 112 cm³/mol. The molecule has 1 N–H and O–H groups in total. The number of aliphatic hydroxyl groups excluding tert-OH is 1. The average Bonchev–Trinajstić information content (AvgIpc) is 3.45. The van der Waals surface area contributed by atoms with Crippen LogP contribution in [0.15, 0.2) is 59.5 Å². The van der Waals surface area contributed by atoms with Gasteiger partial charge in [-0.2, -0.15) is 0 Å². The van der Waals surface area contributed by atoms with Gasteiger partial charge in [-0.15, -0.1) is 0 Å². The highest BCUT2D eigenvalue weighted by Gasteiger charge is 2.67. The number of hydrogen-bond acceptors (Lipinski definition) is 6. The van der Waals surface area contributed by atoms with E-state index < -0.39 is 33.1 Å². The second-order valence-electron chi connectivity index (χ2n) is 8.06. The molecule has 2 saturated heterocycles. The number of aryl methyl sites for hydroxylation is 1. The Morgan fingerprint density at radius 2 is 1.87 bits per heavy atom. The zero-order valence-corrected chi connectivity index (χ0v) is 17.9. The fourth-order valence-corrected chi connectivity index (χ4v) is 5.90. The molecule has 0 aromatic heterocycles. The number of ether oxygens (including phenoxy) is 3. The smallest absolute Gasteiger partial charge is 0.210 e. The number of aliphatic hydroxyl groups is 1. The summed E-state index contributed by atoms with van der Waals surface area (Å²) in [6, 6.07) is 16.5. The topological polar surface area (TPSA) is 85.4 Å². The number of epoxide rings is 1. The van der Waals surface area contributed by atoms with Gasteiger partial charge in [-0.3, -0.25) is 0 Å². The zero-order valence-electron chi connectivity index (χ0n) is 17.1. The van der Waals surface area contributed by atoms with Gasteiger partial charge in [-0.25, -0.2) is 8.42 Å². The molecule has 0 radical (unpaired) electrons. The second kappa shape index (κ2) is 8.77. The third-order valence-electron chi connectivity index (χ3n) is 5.83. The van der Waals surface area contributed by atoms with Crippen LogP contribution in [0, 0.1) is 6.92 Å². The van der Waals surface area contributed by atoms with Crippen LogP contribution in [0.2, 0.25) is 0 Å². The highest BCUT2D eigenvalue weighted by molar-refractivity contribution is 7.93. The first-order chi connectivity index (χ1) is 14.4. The fourth-order valence-electron chi connectivity index (χ4n) is 3.97. The van der Waals surface area contributed by atoms with Crippen molar-refractivity contribution < 1.29 is 27.7 Å². The standard InChI is InChI=1S/C23H28O6S/c1-17-9-11-19(12-10-17)30(25,26)23(14-21-20(24)8-5-13-28-21)22(29-23)16-27-15-18-6-3-2-4-7-18/h2-4,6-7,9-12,20-22,24H,5,8,13-16H2,1H3/t20-,21+,22+,23+/m0/s1. The van der Waals surface area contributed by atoms with E-state index in [0.717, 1.165) is 17.5 Å². The average molecular weight is 433 g/mol. The van der Waals surface area contributed by atoms with Gasteiger partial charge in [0, 0.05) is 13.0 Å². The maximum atomic E-state index is 13.5. The van der Waals surface area contributed by atoms with E-state index in [9.17, 15) is 13.5 Å². The van der Waals surface area contributed by atoms with Gasteiger partial charge in [0.15, 0.2) is 0 Å². The molecule has 2 aromatic rings. The number of sulfone groups is 1. The molecule has 2 aliphatic heterocycles. The van der Waals surface area contributed by atoms with E-state index in [-0.39, 0.29) is 17.9 Å². The molecule has 0 aliphatic carbocycles. The van der Waals surface area contributed by atoms with Crippen LogP contribution in [-0.2, 0) is 30.7 Å². The molecule has 30 heavy (non-hydrogen) atoms. The van der Waals surface area contributed by atoms with E-state index in [4.69, 9.17) is 14.2 Å². The molecule has 162 valence electrons. The number of rotatable bonds is 8. The lowest BCUT2D eigenvalue weighted by Crippen LogP contribution is -2.41. The summed E-state index contributed by atoms with van der Waals surface area (Å²) in [6.07, 6.45) is -0.424. The molecule has 0 bridgehead atoms. The first-order valence-corrected chi connectivity index (χ1v) is 11.8. The van der Waals surface area contributed by atoms with Crippen LogP contribution in [-0.4, -0.2) is 50.0 Å². The van der Waals surface area contributed by atoms with Gasteiger partial charge in [0.1, 0.15) is 6.10 Å². The van der Waals surface area contributed by atoms with Crippen LogP contribution in [0.1, 0.15) is 30.4 Å². The molecule has 0 spiro atoms. The maximum absolute atomic E-state index is 13.5. The Balaban J connectivity index is 1.52. The Bertz CT molecular complexity index is 943. The summed E-state index contributed by atoms with van der Waals surface area (Å²) in [5, 5.41) is 10.3. The Kier molecular flexibility index (Phi) is 6.27. The largest absolute Gasteiger partial charge is 0.390 e. The van der Waals surface area contributed by atoms with Crippen molar-refractivity contribution in [2.75, 3.05) is 13.2 Å². The Labute approximate surface area is 177 Å². The van der Waals surface area contributed by atoms with Crippen molar-refractivity contribution in [1.82, 2.24) is 0 Å². The Hall–Kier alpha value is -1.77. The van der Waals surface area contributed by atoms with Gasteiger partial charge in [-0.1, -0.05) is 48.0 Å². The normalized spacial score (nSPS) is 28.9. The van der Waals surface area contributed by atoms with E-state index in [0.29, 0.717) is 19.6 Å². The van der Waals surface area contributed by atoms with Gasteiger partial charge in [0.2, 0.25) is 14.8 Å². The molecule has 0 saturated carbocycles. The van der Waals surface area contributed by atoms with Crippen LogP contribution in [0.5, 0.6) is 0 Å². The Morgan fingerprint density at radius 1 is 1.13 bits per heavy atom. The van der Waals surface area contributed by atoms with Crippen molar-refractivity contribution in [1.29, 1.82) is 0 Å². The molecule has 7 heteroatoms.